The van der Waals surface area contributed by atoms with Crippen molar-refractivity contribution in [3.8, 4) is 17.6 Å². The minimum absolute atomic E-state index is 0.0583. The molecule has 0 radical (unpaired) electrons. The second-order valence-corrected chi connectivity index (χ2v) is 15.1. The van der Waals surface area contributed by atoms with Crippen LogP contribution in [-0.4, -0.2) is 86.0 Å². The second kappa shape index (κ2) is 18.3. The molecule has 5 atom stereocenters. The van der Waals surface area contributed by atoms with Crippen molar-refractivity contribution in [1.29, 1.82) is 5.26 Å². The summed E-state index contributed by atoms with van der Waals surface area (Å²) >= 11 is 0. The van der Waals surface area contributed by atoms with Crippen LogP contribution in [-0.2, 0) is 28.9 Å². The first-order valence-electron chi connectivity index (χ1n) is 18.0. The summed E-state index contributed by atoms with van der Waals surface area (Å²) in [5.74, 6) is 0.684. The van der Waals surface area contributed by atoms with Gasteiger partial charge < -0.3 is 28.0 Å². The molecular formula is C40H51N4O8P. The number of nitriles is 1. The van der Waals surface area contributed by atoms with Crippen LogP contribution < -0.4 is 14.8 Å². The van der Waals surface area contributed by atoms with Crippen molar-refractivity contribution >= 4 is 20.5 Å². The fraction of sp³-hybridized carbons (Fsp3) is 0.475. The van der Waals surface area contributed by atoms with Gasteiger partial charge in [-0.15, -0.1) is 0 Å². The summed E-state index contributed by atoms with van der Waals surface area (Å²) in [7, 11) is 1.61. The summed E-state index contributed by atoms with van der Waals surface area (Å²) in [6.45, 7) is 10.6. The van der Waals surface area contributed by atoms with E-state index >= 15 is 0 Å². The Labute approximate surface area is 314 Å². The molecule has 53 heavy (non-hydrogen) atoms. The summed E-state index contributed by atoms with van der Waals surface area (Å²) in [5, 5.41) is 11.8. The molecule has 2 aliphatic heterocycles. The number of nitrogens with one attached hydrogen (secondary N) is 1. The van der Waals surface area contributed by atoms with E-state index in [1.165, 1.54) is 0 Å². The normalized spacial score (nSPS) is 21.2. The summed E-state index contributed by atoms with van der Waals surface area (Å²) in [5.41, 5.74) is 1.48. The lowest BCUT2D eigenvalue weighted by Crippen LogP contribution is -2.57. The molecule has 3 aromatic rings. The topological polar surface area (TPSA) is 132 Å². The van der Waals surface area contributed by atoms with E-state index in [0.717, 1.165) is 16.7 Å². The van der Waals surface area contributed by atoms with Gasteiger partial charge in [-0.2, -0.15) is 5.26 Å². The van der Waals surface area contributed by atoms with E-state index in [1.807, 2.05) is 78.9 Å². The van der Waals surface area contributed by atoms with Crippen LogP contribution in [0.1, 0.15) is 64.2 Å². The number of carbonyl (C=O) groups is 2. The van der Waals surface area contributed by atoms with E-state index in [4.69, 9.17) is 28.0 Å². The molecule has 2 heterocycles. The molecule has 1 N–H and O–H groups in total. The fourth-order valence-electron chi connectivity index (χ4n) is 6.85. The number of amides is 3. The highest BCUT2D eigenvalue weighted by atomic mass is 31.2. The van der Waals surface area contributed by atoms with E-state index in [-0.39, 0.29) is 44.2 Å². The smallest absolute Gasteiger partial charge is 0.326 e. The number of hydrogen-bond donors (Lipinski definition) is 1. The lowest BCUT2D eigenvalue weighted by molar-refractivity contribution is -0.130. The Morgan fingerprint density at radius 3 is 2.02 bits per heavy atom. The Balaban J connectivity index is 1.57. The van der Waals surface area contributed by atoms with Crippen LogP contribution in [0.4, 0.5) is 4.79 Å². The summed E-state index contributed by atoms with van der Waals surface area (Å²) in [6.07, 6.45) is -1.40. The SMILES string of the molecule is COc1ccc(C(O[13CH2][13C@H]2O[13C@@H]([15N]3[13CH2][13CH]([13CH3])[13C](=O)[15NH][13C]3=O)[13CH2][13C@@H]2OP(OCCC#N)N(C(C)C)C(C)C)(c2ccccc2)c2ccc(OC)cc2)cc1. The Kier molecular flexibility index (Phi) is 13.9. The predicted molar refractivity (Wildman–Crippen MR) is 201 cm³/mol. The molecule has 3 aromatic carbocycles. The molecule has 0 saturated carbocycles. The van der Waals surface area contributed by atoms with E-state index < -0.39 is 44.5 Å². The Morgan fingerprint density at radius 1 is 0.925 bits per heavy atom. The lowest BCUT2D eigenvalue weighted by atomic mass is 9.80. The zero-order chi connectivity index (χ0) is 38.1. The molecule has 0 aromatic heterocycles. The van der Waals surface area contributed by atoms with Gasteiger partial charge in [0, 0.05) is 25.0 Å². The van der Waals surface area contributed by atoms with Crippen molar-refractivity contribution in [3.05, 3.63) is 95.6 Å². The Hall–Kier alpha value is -4.08. The maximum Gasteiger partial charge on any atom is 0.326 e. The van der Waals surface area contributed by atoms with Gasteiger partial charge in [-0.25, -0.2) is 9.46 Å². The van der Waals surface area contributed by atoms with Gasteiger partial charge in [0.2, 0.25) is 5.91 Å². The first-order chi connectivity index (χ1) is 25.5. The summed E-state index contributed by atoms with van der Waals surface area (Å²) < 4.78 is 40.3. The zero-order valence-electron chi connectivity index (χ0n) is 31.6. The van der Waals surface area contributed by atoms with Gasteiger partial charge in [0.1, 0.15) is 29.4 Å². The minimum Gasteiger partial charge on any atom is -0.497 e. The highest BCUT2D eigenvalue weighted by Crippen LogP contribution is 2.50. The van der Waals surface area contributed by atoms with Gasteiger partial charge in [0.05, 0.1) is 51.9 Å². The van der Waals surface area contributed by atoms with Crippen molar-refractivity contribution in [2.24, 2.45) is 5.92 Å². The molecule has 2 saturated heterocycles. The van der Waals surface area contributed by atoms with Crippen LogP contribution in [0, 0.1) is 17.2 Å². The van der Waals surface area contributed by atoms with Crippen molar-refractivity contribution in [3.63, 3.8) is 0 Å². The maximum absolute atomic E-state index is 13.2. The van der Waals surface area contributed by atoms with E-state index in [0.29, 0.717) is 17.9 Å². The van der Waals surface area contributed by atoms with E-state index in [9.17, 15) is 14.9 Å². The number of benzene rings is 3. The van der Waals surface area contributed by atoms with Gasteiger partial charge >= 0.3 is 6.03 Å². The number of nitrogens with zero attached hydrogens (tertiary/aromatic N) is 3. The van der Waals surface area contributed by atoms with Crippen LogP contribution in [0.5, 0.6) is 11.5 Å². The predicted octanol–water partition coefficient (Wildman–Crippen LogP) is 6.98. The number of urea groups is 1. The van der Waals surface area contributed by atoms with Crippen LogP contribution in [0.15, 0.2) is 78.9 Å². The second-order valence-electron chi connectivity index (χ2n) is 13.7. The highest BCUT2D eigenvalue weighted by Gasteiger charge is 2.47. The molecule has 0 bridgehead atoms. The Morgan fingerprint density at radius 2 is 1.49 bits per heavy atom. The molecule has 3 amide bonds. The molecule has 2 fully saturated rings. The highest BCUT2D eigenvalue weighted by molar-refractivity contribution is 7.44. The quantitative estimate of drug-likeness (QED) is 0.0506. The standard InChI is InChI=1S/C40H51N4O8P/c1-27(2)44(28(3)4)53(50-23-11-22-41)52-35-24-37(43-25-29(5)38(45)42-39(43)46)51-36(35)26-49-40(30-12-9-8-10-13-30,31-14-18-33(47-6)19-15-31)32-16-20-34(48-7)21-17-32/h8-10,12-21,27-29,35-37H,11,23-26H2,1-7H3,(H,42,45,46)/t29?,35-,36+,37+,53?/m0/s1/i5+1,24+1,25+1,26+1,29+1,35+1,36+1,37+1,38+1,39+1,42+1,43+1. The average molecular weight is 759 g/mol. The number of hydrogen-bond acceptors (Lipinski definition) is 10. The first kappa shape index (κ1) is 40.1. The molecule has 2 aliphatic rings. The molecule has 12 nitrogen and oxygen atoms in total. The molecule has 0 spiro atoms. The van der Waals surface area contributed by atoms with Gasteiger partial charge in [-0.05, 0) is 68.7 Å². The first-order valence-corrected chi connectivity index (χ1v) is 19.2. The van der Waals surface area contributed by atoms with Crippen LogP contribution >= 0.6 is 8.53 Å². The van der Waals surface area contributed by atoms with Crippen molar-refractivity contribution in [1.82, 2.24) is 14.9 Å². The minimum atomic E-state index is -1.65. The third-order valence-electron chi connectivity index (χ3n) is 9.46. The number of methoxy groups -OCH3 is 2. The lowest BCUT2D eigenvalue weighted by Gasteiger charge is -2.39. The zero-order valence-corrected chi connectivity index (χ0v) is 32.5. The third-order valence-corrected chi connectivity index (χ3v) is 11.6. The van der Waals surface area contributed by atoms with Gasteiger partial charge in [-0.3, -0.25) is 15.0 Å². The summed E-state index contributed by atoms with van der Waals surface area (Å²) in [6, 6.07) is 27.4. The number of rotatable bonds is 17. The molecule has 2 unspecified atom stereocenters. The number of carbonyl (C=O) groups excluding carboxylic acids is 2. The maximum atomic E-state index is 13.2. The monoisotopic (exact) mass is 758 g/mol. The van der Waals surface area contributed by atoms with E-state index in [1.54, 1.807) is 26.0 Å². The van der Waals surface area contributed by atoms with Crippen LogP contribution in [0.2, 0.25) is 0 Å². The third kappa shape index (κ3) is 9.18. The molecule has 13 heteroatoms. The van der Waals surface area contributed by atoms with E-state index in [2.05, 4.69) is 43.8 Å². The fourth-order valence-corrected chi connectivity index (χ4v) is 8.61. The molecule has 0 aliphatic carbocycles. The average Bonchev–Trinajstić information content (AvgIpc) is 3.56. The van der Waals surface area contributed by atoms with Gasteiger partial charge in [-0.1, -0.05) is 61.5 Å². The van der Waals surface area contributed by atoms with Crippen molar-refractivity contribution in [2.75, 3.05) is 34.0 Å². The van der Waals surface area contributed by atoms with Crippen LogP contribution in [0.25, 0.3) is 0 Å². The number of ether oxygens (including phenoxy) is 4. The molecular weight excluding hydrogens is 707 g/mol. The van der Waals surface area contributed by atoms with Crippen molar-refractivity contribution < 1.29 is 37.6 Å². The van der Waals surface area contributed by atoms with Gasteiger partial charge in [0.15, 0.2) is 0 Å². The van der Waals surface area contributed by atoms with Crippen molar-refractivity contribution in [2.45, 2.75) is 83.6 Å². The van der Waals surface area contributed by atoms with Gasteiger partial charge in [0.25, 0.3) is 8.53 Å². The number of imide groups is 1. The molecule has 284 valence electrons. The summed E-state index contributed by atoms with van der Waals surface area (Å²) in [4.78, 5) is 27.1. The largest absolute Gasteiger partial charge is 0.497 e. The van der Waals surface area contributed by atoms with Crippen LogP contribution in [0.3, 0.4) is 0 Å². The Bertz CT molecular complexity index is 1630. The molecule has 5 rings (SSSR count).